The van der Waals surface area contributed by atoms with Gasteiger partial charge in [-0.1, -0.05) is 17.7 Å². The molecule has 0 fully saturated rings. The monoisotopic (exact) mass is 468 g/mol. The summed E-state index contributed by atoms with van der Waals surface area (Å²) >= 11 is 5.71. The first-order chi connectivity index (χ1) is 15.1. The van der Waals surface area contributed by atoms with Gasteiger partial charge in [-0.2, -0.15) is 0 Å². The maximum Gasteiger partial charge on any atom is 0.318 e. The van der Waals surface area contributed by atoms with Gasteiger partial charge in [0.2, 0.25) is 0 Å². The molecule has 0 saturated carbocycles. The quantitative estimate of drug-likeness (QED) is 0.514. The summed E-state index contributed by atoms with van der Waals surface area (Å²) < 4.78 is 37.2. The van der Waals surface area contributed by atoms with E-state index in [1.807, 2.05) is 32.9 Å². The molecule has 0 saturated heterocycles. The molecule has 6 nitrogen and oxygen atoms in total. The van der Waals surface area contributed by atoms with Gasteiger partial charge in [-0.15, -0.1) is 0 Å². The Bertz CT molecular complexity index is 964. The molecule has 9 heteroatoms. The van der Waals surface area contributed by atoms with E-state index in [9.17, 15) is 13.6 Å². The lowest BCUT2D eigenvalue weighted by Gasteiger charge is -2.32. The molecule has 2 aromatic carbocycles. The summed E-state index contributed by atoms with van der Waals surface area (Å²) in [5.41, 5.74) is 1.60. The highest BCUT2D eigenvalue weighted by molar-refractivity contribution is 6.30. The second-order valence-electron chi connectivity index (χ2n) is 8.22. The molecular formula is C23H27ClF2N2O4. The normalized spacial score (nSPS) is 12.8. The van der Waals surface area contributed by atoms with Crippen molar-refractivity contribution in [3.63, 3.8) is 0 Å². The fraction of sp³-hybridized carbons (Fsp3) is 0.391. The number of nitrogens with one attached hydrogen (secondary N) is 1. The Hall–Kier alpha value is -2.87. The van der Waals surface area contributed by atoms with Gasteiger partial charge in [0.25, 0.3) is 6.47 Å². The minimum Gasteiger partial charge on any atom is -0.489 e. The fourth-order valence-electron chi connectivity index (χ4n) is 3.05. The molecule has 0 aliphatic carbocycles. The van der Waals surface area contributed by atoms with Crippen LogP contribution in [-0.4, -0.2) is 36.6 Å². The van der Waals surface area contributed by atoms with Crippen LogP contribution in [0.1, 0.15) is 37.5 Å². The first kappa shape index (κ1) is 25.4. The molecule has 0 spiro atoms. The third-order valence-electron chi connectivity index (χ3n) is 4.58. The summed E-state index contributed by atoms with van der Waals surface area (Å²) in [6, 6.07) is 7.68. The zero-order chi connectivity index (χ0) is 23.9. The smallest absolute Gasteiger partial charge is 0.318 e. The summed E-state index contributed by atoms with van der Waals surface area (Å²) in [6.45, 7) is 7.05. The van der Waals surface area contributed by atoms with E-state index < -0.39 is 11.6 Å². The number of hydrogen-bond donors (Lipinski definition) is 1. The van der Waals surface area contributed by atoms with Crippen molar-refractivity contribution in [2.45, 2.75) is 45.9 Å². The molecular weight excluding hydrogens is 442 g/mol. The van der Waals surface area contributed by atoms with Gasteiger partial charge in [-0.05, 0) is 62.6 Å². The molecule has 1 heterocycles. The number of ether oxygens (including phenoxy) is 2. The van der Waals surface area contributed by atoms with Crippen LogP contribution >= 0.6 is 11.6 Å². The Morgan fingerprint density at radius 1 is 1.22 bits per heavy atom. The molecule has 1 aliphatic heterocycles. The Kier molecular flexibility index (Phi) is 8.83. The second-order valence-corrected chi connectivity index (χ2v) is 8.63. The number of nitrogens with zero attached hydrogens (tertiary/aromatic N) is 1. The van der Waals surface area contributed by atoms with Crippen LogP contribution in [-0.2, 0) is 29.1 Å². The molecule has 0 unspecified atom stereocenters. The Morgan fingerprint density at radius 2 is 1.91 bits per heavy atom. The molecule has 0 bridgehead atoms. The van der Waals surface area contributed by atoms with Gasteiger partial charge in [0.15, 0.2) is 5.82 Å². The first-order valence-corrected chi connectivity index (χ1v) is 10.3. The van der Waals surface area contributed by atoms with Gasteiger partial charge in [-0.3, -0.25) is 4.79 Å². The highest BCUT2D eigenvalue weighted by Gasteiger charge is 2.24. The number of halogens is 3. The average molecular weight is 469 g/mol. The number of urea groups is 1. The van der Waals surface area contributed by atoms with Crippen LogP contribution in [0.25, 0.3) is 0 Å². The lowest BCUT2D eigenvalue weighted by atomic mass is 9.99. The highest BCUT2D eigenvalue weighted by atomic mass is 35.5. The Morgan fingerprint density at radius 3 is 2.53 bits per heavy atom. The molecule has 174 valence electrons. The SMILES string of the molecule is CC(C)(C)NC(=O)N1CCc2cc(OCc3c(F)ccc(Cl)c3F)ccc2C1.COC=O. The molecule has 0 atom stereocenters. The molecule has 0 radical (unpaired) electrons. The maximum absolute atomic E-state index is 14.0. The molecule has 2 amide bonds. The van der Waals surface area contributed by atoms with Crippen LogP contribution in [0, 0.1) is 11.6 Å². The van der Waals surface area contributed by atoms with Crippen molar-refractivity contribution in [2.75, 3.05) is 13.7 Å². The van der Waals surface area contributed by atoms with Crippen molar-refractivity contribution in [1.82, 2.24) is 10.2 Å². The third kappa shape index (κ3) is 7.09. The molecule has 0 aromatic heterocycles. The minimum absolute atomic E-state index is 0.0922. The Balaban J connectivity index is 0.000000837. The van der Waals surface area contributed by atoms with E-state index in [-0.39, 0.29) is 28.8 Å². The molecule has 1 aliphatic rings. The van der Waals surface area contributed by atoms with Gasteiger partial charge >= 0.3 is 6.03 Å². The number of carbonyl (C=O) groups excluding carboxylic acids is 2. The fourth-order valence-corrected chi connectivity index (χ4v) is 3.23. The summed E-state index contributed by atoms with van der Waals surface area (Å²) in [4.78, 5) is 23.1. The number of fused-ring (bicyclic) bond motifs is 1. The van der Waals surface area contributed by atoms with Crippen molar-refractivity contribution < 1.29 is 27.8 Å². The molecule has 1 N–H and O–H groups in total. The van der Waals surface area contributed by atoms with Gasteiger partial charge in [0.05, 0.1) is 17.7 Å². The van der Waals surface area contributed by atoms with Crippen LogP contribution in [0.2, 0.25) is 5.02 Å². The predicted octanol–water partition coefficient (Wildman–Crippen LogP) is 4.85. The van der Waals surface area contributed by atoms with E-state index in [2.05, 4.69) is 10.1 Å². The van der Waals surface area contributed by atoms with Crippen molar-refractivity contribution >= 4 is 24.1 Å². The number of carbonyl (C=O) groups is 2. The summed E-state index contributed by atoms with van der Waals surface area (Å²) in [5.74, 6) is -0.981. The number of rotatable bonds is 4. The van der Waals surface area contributed by atoms with Crippen molar-refractivity contribution in [2.24, 2.45) is 0 Å². The second kappa shape index (κ2) is 11.1. The highest BCUT2D eigenvalue weighted by Crippen LogP contribution is 2.26. The predicted molar refractivity (Wildman–Crippen MR) is 118 cm³/mol. The summed E-state index contributed by atoms with van der Waals surface area (Å²) in [7, 11) is 1.31. The number of benzene rings is 2. The van der Waals surface area contributed by atoms with E-state index in [0.717, 1.165) is 17.2 Å². The van der Waals surface area contributed by atoms with Gasteiger partial charge in [-0.25, -0.2) is 13.6 Å². The first-order valence-electron chi connectivity index (χ1n) is 9.96. The maximum atomic E-state index is 14.0. The Labute approximate surface area is 191 Å². The number of hydrogen-bond acceptors (Lipinski definition) is 4. The standard InChI is InChI=1S/C21H23ClF2N2O2.C2H4O2/c1-21(2,3)25-20(27)26-9-8-13-10-15(5-4-14(13)11-26)28-12-16-18(23)7-6-17(22)19(16)24;1-4-2-3/h4-7,10H,8-9,11-12H2,1-3H3,(H,25,27);2H,1H3. The van der Waals surface area contributed by atoms with E-state index in [1.54, 1.807) is 11.0 Å². The zero-order valence-corrected chi connectivity index (χ0v) is 19.3. The van der Waals surface area contributed by atoms with Crippen molar-refractivity contribution in [3.05, 3.63) is 63.7 Å². The number of amides is 2. The summed E-state index contributed by atoms with van der Waals surface area (Å²) in [6.07, 6.45) is 0.685. The van der Waals surface area contributed by atoms with Gasteiger partial charge in [0.1, 0.15) is 18.2 Å². The van der Waals surface area contributed by atoms with Crippen LogP contribution in [0.4, 0.5) is 13.6 Å². The number of methoxy groups -OCH3 is 1. The molecule has 32 heavy (non-hydrogen) atoms. The topological polar surface area (TPSA) is 67.9 Å². The zero-order valence-electron chi connectivity index (χ0n) is 18.5. The van der Waals surface area contributed by atoms with Gasteiger partial charge in [0, 0.05) is 18.6 Å². The van der Waals surface area contributed by atoms with Crippen LogP contribution in [0.3, 0.4) is 0 Å². The summed E-state index contributed by atoms with van der Waals surface area (Å²) in [5, 5.41) is 2.83. The van der Waals surface area contributed by atoms with E-state index in [0.29, 0.717) is 31.7 Å². The van der Waals surface area contributed by atoms with Gasteiger partial charge < -0.3 is 19.7 Å². The van der Waals surface area contributed by atoms with Crippen LogP contribution < -0.4 is 10.1 Å². The molecule has 3 rings (SSSR count). The minimum atomic E-state index is -0.805. The van der Waals surface area contributed by atoms with E-state index in [1.165, 1.54) is 13.2 Å². The van der Waals surface area contributed by atoms with Crippen LogP contribution in [0.5, 0.6) is 5.75 Å². The van der Waals surface area contributed by atoms with E-state index >= 15 is 0 Å². The lowest BCUT2D eigenvalue weighted by molar-refractivity contribution is -0.126. The van der Waals surface area contributed by atoms with Crippen molar-refractivity contribution in [1.29, 1.82) is 0 Å². The van der Waals surface area contributed by atoms with Crippen molar-refractivity contribution in [3.8, 4) is 5.75 Å². The largest absolute Gasteiger partial charge is 0.489 e. The van der Waals surface area contributed by atoms with Crippen LogP contribution in [0.15, 0.2) is 30.3 Å². The van der Waals surface area contributed by atoms with E-state index in [4.69, 9.17) is 21.1 Å². The molecule has 2 aromatic rings. The third-order valence-corrected chi connectivity index (χ3v) is 4.87. The lowest BCUT2D eigenvalue weighted by Crippen LogP contribution is -2.49. The average Bonchev–Trinajstić information content (AvgIpc) is 2.75.